The number of pyridine rings is 1. The third-order valence-corrected chi connectivity index (χ3v) is 7.06. The highest BCUT2D eigenvalue weighted by molar-refractivity contribution is 5.77. The van der Waals surface area contributed by atoms with Crippen molar-refractivity contribution in [2.75, 3.05) is 18.5 Å². The molecule has 4 heterocycles. The summed E-state index contributed by atoms with van der Waals surface area (Å²) in [5, 5.41) is 16.0. The van der Waals surface area contributed by atoms with Crippen LogP contribution < -0.4 is 16.2 Å². The first-order valence-corrected chi connectivity index (χ1v) is 12.1. The topological polar surface area (TPSA) is 110 Å². The Hall–Kier alpha value is -3.84. The van der Waals surface area contributed by atoms with Gasteiger partial charge in [0.2, 0.25) is 5.95 Å². The van der Waals surface area contributed by atoms with Crippen molar-refractivity contribution in [1.82, 2.24) is 29.6 Å². The maximum Gasteiger partial charge on any atom is 0.408 e. The molecule has 0 unspecified atom stereocenters. The molecule has 0 atom stereocenters. The van der Waals surface area contributed by atoms with Crippen molar-refractivity contribution in [3.05, 3.63) is 69.5 Å². The van der Waals surface area contributed by atoms with Crippen LogP contribution in [0.15, 0.2) is 41.3 Å². The number of aliphatic hydroxyl groups is 1. The summed E-state index contributed by atoms with van der Waals surface area (Å²) in [6.45, 7) is -0.345. The van der Waals surface area contributed by atoms with Gasteiger partial charge in [0.25, 0.3) is 5.56 Å². The maximum absolute atomic E-state index is 14.7. The van der Waals surface area contributed by atoms with E-state index >= 15 is 0 Å². The molecule has 0 saturated heterocycles. The number of rotatable bonds is 6. The Balaban J connectivity index is 1.48. The zero-order chi connectivity index (χ0) is 26.7. The van der Waals surface area contributed by atoms with E-state index in [1.165, 1.54) is 17.8 Å². The van der Waals surface area contributed by atoms with Gasteiger partial charge in [-0.3, -0.25) is 4.79 Å². The number of anilines is 2. The molecule has 1 aliphatic carbocycles. The highest BCUT2D eigenvalue weighted by Crippen LogP contribution is 2.47. The molecule has 1 saturated carbocycles. The Labute approximate surface area is 213 Å². The van der Waals surface area contributed by atoms with Gasteiger partial charge in [0.05, 0.1) is 12.3 Å². The summed E-state index contributed by atoms with van der Waals surface area (Å²) in [4.78, 5) is 25.9. The second kappa shape index (κ2) is 8.88. The second-order valence-corrected chi connectivity index (χ2v) is 9.69. The second-order valence-electron chi connectivity index (χ2n) is 9.69. The number of benzene rings is 1. The van der Waals surface area contributed by atoms with Crippen LogP contribution >= 0.6 is 0 Å². The van der Waals surface area contributed by atoms with E-state index in [0.29, 0.717) is 23.2 Å². The average Bonchev–Trinajstić information content (AvgIpc) is 3.64. The molecule has 0 bridgehead atoms. The first-order chi connectivity index (χ1) is 18.2. The fraction of sp³-hybridized carbons (Fsp3) is 0.360. The van der Waals surface area contributed by atoms with E-state index < -0.39 is 29.5 Å². The quantitative estimate of drug-likeness (QED) is 0.330. The molecular weight excluding hydrogens is 506 g/mol. The minimum absolute atomic E-state index is 0.0543. The fourth-order valence-corrected chi connectivity index (χ4v) is 4.86. The smallest absolute Gasteiger partial charge is 0.395 e. The van der Waals surface area contributed by atoms with E-state index in [-0.39, 0.29) is 35.1 Å². The summed E-state index contributed by atoms with van der Waals surface area (Å²) in [7, 11) is 0. The Morgan fingerprint density at radius 3 is 2.68 bits per heavy atom. The van der Waals surface area contributed by atoms with E-state index in [9.17, 15) is 27.5 Å². The monoisotopic (exact) mass is 529 g/mol. The van der Waals surface area contributed by atoms with Crippen molar-refractivity contribution in [3.8, 4) is 5.82 Å². The van der Waals surface area contributed by atoms with Crippen LogP contribution in [0, 0.1) is 5.82 Å². The van der Waals surface area contributed by atoms with Crippen LogP contribution in [-0.4, -0.2) is 48.8 Å². The van der Waals surface area contributed by atoms with E-state index in [4.69, 9.17) is 0 Å². The van der Waals surface area contributed by atoms with Gasteiger partial charge in [-0.1, -0.05) is 6.07 Å². The SMILES string of the molecule is O=c1c2cnc(Nc3ccc4c(c3)CCNC4)nc2n(-c2ccc(F)c(C3(CO)CC3)n2)n1CC(F)(F)F. The van der Waals surface area contributed by atoms with Crippen molar-refractivity contribution < 1.29 is 22.7 Å². The van der Waals surface area contributed by atoms with Crippen LogP contribution in [0.25, 0.3) is 16.9 Å². The van der Waals surface area contributed by atoms with Crippen LogP contribution in [0.4, 0.5) is 29.2 Å². The lowest BCUT2D eigenvalue weighted by Crippen LogP contribution is -2.30. The van der Waals surface area contributed by atoms with Gasteiger partial charge in [-0.05, 0) is 61.2 Å². The van der Waals surface area contributed by atoms with E-state index in [1.807, 2.05) is 18.2 Å². The first-order valence-electron chi connectivity index (χ1n) is 12.1. The van der Waals surface area contributed by atoms with Crippen LogP contribution in [-0.2, 0) is 24.9 Å². The molecule has 198 valence electrons. The lowest BCUT2D eigenvalue weighted by molar-refractivity contribution is -0.144. The van der Waals surface area contributed by atoms with Gasteiger partial charge in [0, 0.05) is 23.8 Å². The summed E-state index contributed by atoms with van der Waals surface area (Å²) in [5.74, 6) is -0.731. The lowest BCUT2D eigenvalue weighted by Gasteiger charge is -2.18. The summed E-state index contributed by atoms with van der Waals surface area (Å²) < 4.78 is 56.6. The van der Waals surface area contributed by atoms with Gasteiger partial charge in [0.1, 0.15) is 17.7 Å². The summed E-state index contributed by atoms with van der Waals surface area (Å²) >= 11 is 0. The fourth-order valence-electron chi connectivity index (χ4n) is 4.86. The van der Waals surface area contributed by atoms with Crippen LogP contribution in [0.1, 0.15) is 29.7 Å². The molecule has 9 nitrogen and oxygen atoms in total. The largest absolute Gasteiger partial charge is 0.408 e. The molecule has 0 amide bonds. The molecular formula is C25H23F4N7O2. The molecule has 3 aromatic heterocycles. The lowest BCUT2D eigenvalue weighted by atomic mass is 10.0. The highest BCUT2D eigenvalue weighted by atomic mass is 19.4. The molecule has 0 radical (unpaired) electrons. The maximum atomic E-state index is 14.7. The Morgan fingerprint density at radius 1 is 1.13 bits per heavy atom. The number of fused-ring (bicyclic) bond motifs is 2. The number of hydrogen-bond donors (Lipinski definition) is 3. The van der Waals surface area contributed by atoms with Crippen molar-refractivity contribution in [1.29, 1.82) is 0 Å². The normalized spacial score (nSPS) is 16.4. The van der Waals surface area contributed by atoms with Gasteiger partial charge < -0.3 is 15.7 Å². The minimum atomic E-state index is -4.73. The standard InChI is InChI=1S/C25H23F4N7O2/c26-18-3-4-19(33-20(18)24(13-37)6-7-24)36-21-17(22(38)35(36)12-25(27,28)29)11-31-23(34-21)32-16-2-1-15-10-30-8-5-14(15)9-16/h1-4,9,11,30,37H,5-8,10,12-13H2,(H,31,32,34). The van der Waals surface area contributed by atoms with Gasteiger partial charge in [0.15, 0.2) is 11.5 Å². The molecule has 38 heavy (non-hydrogen) atoms. The van der Waals surface area contributed by atoms with Crippen molar-refractivity contribution >= 4 is 22.7 Å². The first kappa shape index (κ1) is 24.5. The van der Waals surface area contributed by atoms with Crippen LogP contribution in [0.5, 0.6) is 0 Å². The number of aliphatic hydroxyl groups excluding tert-OH is 1. The van der Waals surface area contributed by atoms with Crippen LogP contribution in [0.2, 0.25) is 0 Å². The third-order valence-electron chi connectivity index (χ3n) is 7.06. The molecule has 3 N–H and O–H groups in total. The Bertz CT molecular complexity index is 1610. The molecule has 1 aliphatic heterocycles. The van der Waals surface area contributed by atoms with E-state index in [0.717, 1.165) is 35.8 Å². The highest BCUT2D eigenvalue weighted by Gasteiger charge is 2.47. The van der Waals surface area contributed by atoms with E-state index in [2.05, 4.69) is 25.6 Å². The van der Waals surface area contributed by atoms with E-state index in [1.54, 1.807) is 0 Å². The molecule has 1 aromatic carbocycles. The van der Waals surface area contributed by atoms with Crippen molar-refractivity contribution in [2.24, 2.45) is 0 Å². The zero-order valence-electron chi connectivity index (χ0n) is 20.0. The predicted octanol–water partition coefficient (Wildman–Crippen LogP) is 3.09. The molecule has 6 rings (SSSR count). The zero-order valence-corrected chi connectivity index (χ0v) is 20.0. The number of nitrogens with zero attached hydrogens (tertiary/aromatic N) is 5. The number of alkyl halides is 3. The molecule has 0 spiro atoms. The van der Waals surface area contributed by atoms with Gasteiger partial charge in [-0.25, -0.2) is 23.7 Å². The molecule has 4 aromatic rings. The third kappa shape index (κ3) is 4.31. The number of hydrogen-bond acceptors (Lipinski definition) is 7. The number of halogens is 4. The number of nitrogens with one attached hydrogen (secondary N) is 2. The summed E-state index contributed by atoms with van der Waals surface area (Å²) in [5.41, 5.74) is 1.01. The minimum Gasteiger partial charge on any atom is -0.395 e. The van der Waals surface area contributed by atoms with Crippen LogP contribution in [0.3, 0.4) is 0 Å². The summed E-state index contributed by atoms with van der Waals surface area (Å²) in [6.07, 6.45) is -1.73. The molecule has 2 aliphatic rings. The van der Waals surface area contributed by atoms with Gasteiger partial charge in [-0.2, -0.15) is 18.2 Å². The Kier molecular flexibility index (Phi) is 5.72. The number of aromatic nitrogens is 5. The van der Waals surface area contributed by atoms with Gasteiger partial charge >= 0.3 is 6.18 Å². The Morgan fingerprint density at radius 2 is 1.95 bits per heavy atom. The van der Waals surface area contributed by atoms with Crippen molar-refractivity contribution in [3.63, 3.8) is 0 Å². The molecule has 13 heteroatoms. The average molecular weight is 529 g/mol. The molecule has 1 fully saturated rings. The predicted molar refractivity (Wildman–Crippen MR) is 130 cm³/mol. The van der Waals surface area contributed by atoms with Gasteiger partial charge in [-0.15, -0.1) is 0 Å². The van der Waals surface area contributed by atoms with Crippen molar-refractivity contribution in [2.45, 2.75) is 43.9 Å². The summed E-state index contributed by atoms with van der Waals surface area (Å²) in [6, 6.07) is 8.04.